The van der Waals surface area contributed by atoms with Gasteiger partial charge in [-0.3, -0.25) is 14.8 Å². The number of carbonyl (C=O) groups is 2. The molecule has 0 aliphatic heterocycles. The standard InChI is InChI=1S/C19H17NO4/c1-24-18-13-14(8-12-19(22)20-23)7-9-16(18)10-11-17(21)15-5-3-2-4-6-15/h2-13,23H,1H3,(H,20,22)/b11-10+,12-8+. The van der Waals surface area contributed by atoms with Crippen LogP contribution in [-0.4, -0.2) is 24.0 Å². The first kappa shape index (κ1) is 17.2. The number of allylic oxidation sites excluding steroid dienone is 1. The minimum atomic E-state index is -0.619. The monoisotopic (exact) mass is 323 g/mol. The van der Waals surface area contributed by atoms with Gasteiger partial charge in [-0.25, -0.2) is 5.48 Å². The number of ether oxygens (including phenoxy) is 1. The van der Waals surface area contributed by atoms with Crippen LogP contribution in [0.5, 0.6) is 5.75 Å². The highest BCUT2D eigenvalue weighted by Crippen LogP contribution is 2.22. The minimum absolute atomic E-state index is 0.0961. The van der Waals surface area contributed by atoms with Gasteiger partial charge < -0.3 is 4.74 Å². The Morgan fingerprint density at radius 3 is 2.46 bits per heavy atom. The topological polar surface area (TPSA) is 75.6 Å². The largest absolute Gasteiger partial charge is 0.496 e. The lowest BCUT2D eigenvalue weighted by Gasteiger charge is -2.06. The number of hydrogen-bond donors (Lipinski definition) is 2. The molecular weight excluding hydrogens is 306 g/mol. The average molecular weight is 323 g/mol. The van der Waals surface area contributed by atoms with Gasteiger partial charge in [0.2, 0.25) is 0 Å². The Bertz CT molecular complexity index is 779. The molecule has 5 nitrogen and oxygen atoms in total. The van der Waals surface area contributed by atoms with Gasteiger partial charge in [-0.05, 0) is 29.9 Å². The maximum absolute atomic E-state index is 12.1. The van der Waals surface area contributed by atoms with Crippen LogP contribution in [0.3, 0.4) is 0 Å². The summed E-state index contributed by atoms with van der Waals surface area (Å²) in [4.78, 5) is 23.1. The van der Waals surface area contributed by atoms with Crippen LogP contribution in [0.25, 0.3) is 12.2 Å². The Hall–Kier alpha value is -3.18. The Morgan fingerprint density at radius 2 is 1.79 bits per heavy atom. The highest BCUT2D eigenvalue weighted by Gasteiger charge is 2.04. The van der Waals surface area contributed by atoms with Crippen molar-refractivity contribution in [3.63, 3.8) is 0 Å². The Balaban J connectivity index is 2.18. The SMILES string of the molecule is COc1cc(/C=C/C(=O)NO)ccc1/C=C/C(=O)c1ccccc1. The van der Waals surface area contributed by atoms with Crippen molar-refractivity contribution in [2.24, 2.45) is 0 Å². The molecule has 0 radical (unpaired) electrons. The smallest absolute Gasteiger partial charge is 0.267 e. The van der Waals surface area contributed by atoms with Gasteiger partial charge in [0.25, 0.3) is 5.91 Å². The van der Waals surface area contributed by atoms with E-state index in [0.717, 1.165) is 11.1 Å². The minimum Gasteiger partial charge on any atom is -0.496 e. The van der Waals surface area contributed by atoms with Crippen LogP contribution in [0.15, 0.2) is 60.7 Å². The molecule has 0 atom stereocenters. The number of nitrogens with one attached hydrogen (secondary N) is 1. The zero-order valence-corrected chi connectivity index (χ0v) is 13.1. The molecule has 2 N–H and O–H groups in total. The van der Waals surface area contributed by atoms with Crippen LogP contribution in [-0.2, 0) is 4.79 Å². The van der Waals surface area contributed by atoms with Crippen molar-refractivity contribution in [1.29, 1.82) is 0 Å². The van der Waals surface area contributed by atoms with Crippen molar-refractivity contribution in [1.82, 2.24) is 5.48 Å². The summed E-state index contributed by atoms with van der Waals surface area (Å²) in [6, 6.07) is 14.3. The van der Waals surface area contributed by atoms with Gasteiger partial charge >= 0.3 is 0 Å². The molecule has 0 saturated carbocycles. The second kappa shape index (κ2) is 8.45. The summed E-state index contributed by atoms with van der Waals surface area (Å²) in [6.45, 7) is 0. The zero-order chi connectivity index (χ0) is 17.4. The molecule has 0 aliphatic carbocycles. The van der Waals surface area contributed by atoms with E-state index in [2.05, 4.69) is 0 Å². The van der Waals surface area contributed by atoms with Gasteiger partial charge in [-0.15, -0.1) is 0 Å². The van der Waals surface area contributed by atoms with Crippen LogP contribution in [0.4, 0.5) is 0 Å². The lowest BCUT2D eigenvalue weighted by Crippen LogP contribution is -2.14. The summed E-state index contributed by atoms with van der Waals surface area (Å²) >= 11 is 0. The average Bonchev–Trinajstić information content (AvgIpc) is 2.64. The highest BCUT2D eigenvalue weighted by molar-refractivity contribution is 6.06. The summed E-state index contributed by atoms with van der Waals surface area (Å²) < 4.78 is 5.31. The number of hydroxylamine groups is 1. The predicted octanol–water partition coefficient (Wildman–Crippen LogP) is 3.11. The molecule has 0 saturated heterocycles. The molecule has 2 rings (SSSR count). The molecule has 0 bridgehead atoms. The van der Waals surface area contributed by atoms with E-state index in [1.807, 2.05) is 18.2 Å². The van der Waals surface area contributed by atoms with E-state index < -0.39 is 5.91 Å². The molecule has 5 heteroatoms. The normalized spacial score (nSPS) is 10.9. The lowest BCUT2D eigenvalue weighted by molar-refractivity contribution is -0.124. The summed E-state index contributed by atoms with van der Waals surface area (Å²) in [6.07, 6.45) is 5.91. The fraction of sp³-hybridized carbons (Fsp3) is 0.0526. The predicted molar refractivity (Wildman–Crippen MR) is 91.8 cm³/mol. The van der Waals surface area contributed by atoms with E-state index in [-0.39, 0.29) is 5.78 Å². The van der Waals surface area contributed by atoms with Gasteiger partial charge in [0, 0.05) is 17.2 Å². The first-order valence-corrected chi connectivity index (χ1v) is 7.21. The Kier molecular flexibility index (Phi) is 6.05. The van der Waals surface area contributed by atoms with Crippen molar-refractivity contribution < 1.29 is 19.5 Å². The second-order valence-corrected chi connectivity index (χ2v) is 4.87. The fourth-order valence-corrected chi connectivity index (χ4v) is 2.04. The van der Waals surface area contributed by atoms with Crippen LogP contribution >= 0.6 is 0 Å². The number of rotatable bonds is 6. The number of hydrogen-bond acceptors (Lipinski definition) is 4. The highest BCUT2D eigenvalue weighted by atomic mass is 16.5. The molecule has 0 spiro atoms. The second-order valence-electron chi connectivity index (χ2n) is 4.87. The quantitative estimate of drug-likeness (QED) is 0.371. The van der Waals surface area contributed by atoms with E-state index in [1.54, 1.807) is 36.4 Å². The van der Waals surface area contributed by atoms with E-state index >= 15 is 0 Å². The van der Waals surface area contributed by atoms with Crippen molar-refractivity contribution in [2.75, 3.05) is 7.11 Å². The molecule has 2 aromatic rings. The maximum Gasteiger partial charge on any atom is 0.267 e. The number of methoxy groups -OCH3 is 1. The van der Waals surface area contributed by atoms with E-state index in [4.69, 9.17) is 9.94 Å². The van der Waals surface area contributed by atoms with Crippen LogP contribution in [0.2, 0.25) is 0 Å². The molecule has 2 aromatic carbocycles. The molecule has 1 amide bonds. The summed E-state index contributed by atoms with van der Waals surface area (Å²) in [7, 11) is 1.53. The van der Waals surface area contributed by atoms with Crippen LogP contribution < -0.4 is 10.2 Å². The van der Waals surface area contributed by atoms with Gasteiger partial charge in [-0.1, -0.05) is 42.5 Å². The lowest BCUT2D eigenvalue weighted by atomic mass is 10.1. The molecule has 24 heavy (non-hydrogen) atoms. The first-order chi connectivity index (χ1) is 11.6. The van der Waals surface area contributed by atoms with Crippen LogP contribution in [0.1, 0.15) is 21.5 Å². The molecule has 0 aromatic heterocycles. The van der Waals surface area contributed by atoms with E-state index in [1.165, 1.54) is 30.8 Å². The third-order valence-corrected chi connectivity index (χ3v) is 3.27. The fourth-order valence-electron chi connectivity index (χ4n) is 2.04. The van der Waals surface area contributed by atoms with Gasteiger partial charge in [-0.2, -0.15) is 0 Å². The number of carbonyl (C=O) groups excluding carboxylic acids is 2. The molecule has 122 valence electrons. The maximum atomic E-state index is 12.1. The zero-order valence-electron chi connectivity index (χ0n) is 13.1. The van der Waals surface area contributed by atoms with Crippen molar-refractivity contribution in [2.45, 2.75) is 0 Å². The molecule has 0 aliphatic rings. The molecule has 0 heterocycles. The third kappa shape index (κ3) is 4.66. The van der Waals surface area contributed by atoms with Crippen molar-refractivity contribution in [3.05, 3.63) is 77.4 Å². The summed E-state index contributed by atoms with van der Waals surface area (Å²) in [5.74, 6) is -0.147. The van der Waals surface area contributed by atoms with Crippen molar-refractivity contribution in [3.8, 4) is 5.75 Å². The van der Waals surface area contributed by atoms with E-state index in [9.17, 15) is 9.59 Å². The van der Waals surface area contributed by atoms with Gasteiger partial charge in [0.1, 0.15) is 5.75 Å². The number of amides is 1. The number of benzene rings is 2. The third-order valence-electron chi connectivity index (χ3n) is 3.27. The van der Waals surface area contributed by atoms with Gasteiger partial charge in [0.05, 0.1) is 7.11 Å². The van der Waals surface area contributed by atoms with E-state index in [0.29, 0.717) is 11.3 Å². The summed E-state index contributed by atoms with van der Waals surface area (Å²) in [5, 5.41) is 8.46. The van der Waals surface area contributed by atoms with Gasteiger partial charge in [0.15, 0.2) is 5.78 Å². The first-order valence-electron chi connectivity index (χ1n) is 7.21. The summed E-state index contributed by atoms with van der Waals surface area (Å²) in [5.41, 5.74) is 3.60. The Morgan fingerprint density at radius 1 is 1.04 bits per heavy atom. The Labute approximate surface area is 139 Å². The molecule has 0 unspecified atom stereocenters. The number of ketones is 1. The van der Waals surface area contributed by atoms with Crippen LogP contribution in [0, 0.1) is 0 Å². The molecular formula is C19H17NO4. The molecule has 0 fully saturated rings. The van der Waals surface area contributed by atoms with Crippen molar-refractivity contribution >= 4 is 23.8 Å².